The normalized spacial score (nSPS) is 16.5. The molecule has 0 spiro atoms. The van der Waals surface area contributed by atoms with Gasteiger partial charge in [-0.25, -0.2) is 0 Å². The number of aryl methyl sites for hydroxylation is 2. The van der Waals surface area contributed by atoms with Crippen molar-refractivity contribution in [2.45, 2.75) is 44.9 Å². The van der Waals surface area contributed by atoms with Gasteiger partial charge in [0.25, 0.3) is 0 Å². The summed E-state index contributed by atoms with van der Waals surface area (Å²) in [5.41, 5.74) is 7.03. The maximum atomic E-state index is 11.7. The van der Waals surface area contributed by atoms with Crippen LogP contribution < -0.4 is 5.32 Å². The zero-order chi connectivity index (χ0) is 12.5. The van der Waals surface area contributed by atoms with Crippen LogP contribution in [-0.4, -0.2) is 17.7 Å². The van der Waals surface area contributed by atoms with E-state index in [4.69, 9.17) is 5.11 Å². The van der Waals surface area contributed by atoms with E-state index in [1.54, 1.807) is 0 Å². The molecular weight excluding hydrogens is 226 g/mol. The number of hydrogen-bond acceptors (Lipinski definition) is 2. The Kier molecular flexibility index (Phi) is 3.08. The lowest BCUT2D eigenvalue weighted by atomic mass is 9.92. The highest BCUT2D eigenvalue weighted by atomic mass is 16.3. The Morgan fingerprint density at radius 3 is 2.28 bits per heavy atom. The van der Waals surface area contributed by atoms with E-state index in [2.05, 4.69) is 11.4 Å². The van der Waals surface area contributed by atoms with Crippen LogP contribution in [0.1, 0.15) is 40.7 Å². The molecule has 0 fully saturated rings. The summed E-state index contributed by atoms with van der Waals surface area (Å²) in [4.78, 5) is 11.7. The summed E-state index contributed by atoms with van der Waals surface area (Å²) >= 11 is 0. The number of nitrogens with one attached hydrogen (secondary N) is 1. The first-order valence-electron chi connectivity index (χ1n) is 6.82. The maximum Gasteiger partial charge on any atom is 0.226 e. The molecule has 0 unspecified atom stereocenters. The van der Waals surface area contributed by atoms with Crippen molar-refractivity contribution >= 4 is 5.91 Å². The zero-order valence-corrected chi connectivity index (χ0v) is 10.6. The number of carbonyl (C=O) groups is 1. The summed E-state index contributed by atoms with van der Waals surface area (Å²) in [5.74, 6) is -0.0631. The van der Waals surface area contributed by atoms with E-state index in [1.165, 1.54) is 40.7 Å². The average Bonchev–Trinajstić information content (AvgIpc) is 2.96. The number of amides is 1. The third kappa shape index (κ3) is 1.93. The van der Waals surface area contributed by atoms with Crippen LogP contribution in [0.5, 0.6) is 0 Å². The van der Waals surface area contributed by atoms with Crippen molar-refractivity contribution in [3.05, 3.63) is 33.9 Å². The van der Waals surface area contributed by atoms with Crippen molar-refractivity contribution < 1.29 is 9.90 Å². The monoisotopic (exact) mass is 245 g/mol. The molecule has 96 valence electrons. The van der Waals surface area contributed by atoms with Crippen LogP contribution in [-0.2, 0) is 36.9 Å². The van der Waals surface area contributed by atoms with Crippen molar-refractivity contribution in [3.8, 4) is 0 Å². The number of aliphatic hydroxyl groups excluding tert-OH is 1. The molecule has 0 atom stereocenters. The Hall–Kier alpha value is -1.35. The van der Waals surface area contributed by atoms with Gasteiger partial charge in [-0.05, 0) is 66.3 Å². The zero-order valence-electron chi connectivity index (χ0n) is 10.6. The molecule has 0 radical (unpaired) electrons. The van der Waals surface area contributed by atoms with Crippen molar-refractivity contribution in [3.63, 3.8) is 0 Å². The van der Waals surface area contributed by atoms with Crippen LogP contribution in [0.4, 0.5) is 0 Å². The molecule has 0 bridgehead atoms. The molecule has 0 aromatic heterocycles. The smallest absolute Gasteiger partial charge is 0.226 e. The molecule has 1 amide bonds. The Morgan fingerprint density at radius 2 is 1.72 bits per heavy atom. The second kappa shape index (κ2) is 4.73. The first-order valence-corrected chi connectivity index (χ1v) is 6.82. The van der Waals surface area contributed by atoms with Gasteiger partial charge in [-0.2, -0.15) is 0 Å². The van der Waals surface area contributed by atoms with E-state index in [0.29, 0.717) is 6.42 Å². The standard InChI is InChI=1S/C15H19NO2/c17-9-16-15(18)8-14-12-5-1-3-10(12)7-11-4-2-6-13(11)14/h7,17H,1-6,8-9H2,(H,16,18). The minimum atomic E-state index is -0.268. The molecule has 2 aliphatic carbocycles. The molecule has 1 aromatic carbocycles. The lowest BCUT2D eigenvalue weighted by Gasteiger charge is -2.14. The number of hydrogen-bond donors (Lipinski definition) is 2. The highest BCUT2D eigenvalue weighted by molar-refractivity contribution is 5.79. The van der Waals surface area contributed by atoms with Crippen LogP contribution >= 0.6 is 0 Å². The molecule has 3 heteroatoms. The van der Waals surface area contributed by atoms with E-state index in [9.17, 15) is 4.79 Å². The first-order chi connectivity index (χ1) is 8.79. The summed E-state index contributed by atoms with van der Waals surface area (Å²) in [6.45, 7) is -0.268. The Morgan fingerprint density at radius 1 is 1.11 bits per heavy atom. The van der Waals surface area contributed by atoms with Crippen molar-refractivity contribution in [2.24, 2.45) is 0 Å². The van der Waals surface area contributed by atoms with Gasteiger partial charge in [0.05, 0.1) is 6.42 Å². The molecule has 3 rings (SSSR count). The van der Waals surface area contributed by atoms with E-state index < -0.39 is 0 Å². The second-order valence-electron chi connectivity index (χ2n) is 5.27. The Balaban J connectivity index is 1.99. The molecule has 3 nitrogen and oxygen atoms in total. The average molecular weight is 245 g/mol. The van der Waals surface area contributed by atoms with Gasteiger partial charge in [-0.15, -0.1) is 0 Å². The van der Waals surface area contributed by atoms with Gasteiger partial charge in [0, 0.05) is 0 Å². The largest absolute Gasteiger partial charge is 0.377 e. The summed E-state index contributed by atoms with van der Waals surface area (Å²) in [6.07, 6.45) is 7.43. The number of carbonyl (C=O) groups excluding carboxylic acids is 1. The number of benzene rings is 1. The van der Waals surface area contributed by atoms with E-state index in [-0.39, 0.29) is 12.6 Å². The quantitative estimate of drug-likeness (QED) is 0.788. The first kappa shape index (κ1) is 11.7. The van der Waals surface area contributed by atoms with Gasteiger partial charge in [0.2, 0.25) is 5.91 Å². The lowest BCUT2D eigenvalue weighted by Crippen LogP contribution is -2.26. The predicted octanol–water partition coefficient (Wildman–Crippen LogP) is 1.27. The predicted molar refractivity (Wildman–Crippen MR) is 69.4 cm³/mol. The molecule has 0 aliphatic heterocycles. The Labute approximate surface area is 107 Å². The summed E-state index contributed by atoms with van der Waals surface area (Å²) < 4.78 is 0. The molecule has 0 heterocycles. The fourth-order valence-electron chi connectivity index (χ4n) is 3.46. The lowest BCUT2D eigenvalue weighted by molar-refractivity contribution is -0.121. The van der Waals surface area contributed by atoms with Crippen molar-refractivity contribution in [1.82, 2.24) is 5.32 Å². The fourth-order valence-corrected chi connectivity index (χ4v) is 3.46. The maximum absolute atomic E-state index is 11.7. The highest BCUT2D eigenvalue weighted by Gasteiger charge is 2.24. The molecule has 18 heavy (non-hydrogen) atoms. The molecule has 2 N–H and O–H groups in total. The van der Waals surface area contributed by atoms with Crippen LogP contribution in [0.2, 0.25) is 0 Å². The Bertz CT molecular complexity index is 462. The van der Waals surface area contributed by atoms with Gasteiger partial charge in [-0.3, -0.25) is 4.79 Å². The SMILES string of the molecule is O=C(Cc1c2c(cc3c1CCC3)CCC2)NCO. The molecule has 0 saturated heterocycles. The van der Waals surface area contributed by atoms with E-state index >= 15 is 0 Å². The van der Waals surface area contributed by atoms with Gasteiger partial charge >= 0.3 is 0 Å². The third-order valence-corrected chi connectivity index (χ3v) is 4.21. The van der Waals surface area contributed by atoms with Gasteiger partial charge < -0.3 is 10.4 Å². The number of aliphatic hydroxyl groups is 1. The summed E-state index contributed by atoms with van der Waals surface area (Å²) in [7, 11) is 0. The van der Waals surface area contributed by atoms with Gasteiger partial charge in [0.1, 0.15) is 6.73 Å². The van der Waals surface area contributed by atoms with Crippen molar-refractivity contribution in [2.75, 3.05) is 6.73 Å². The topological polar surface area (TPSA) is 49.3 Å². The van der Waals surface area contributed by atoms with E-state index in [0.717, 1.165) is 25.7 Å². The molecule has 0 saturated carbocycles. The molecule has 1 aromatic rings. The van der Waals surface area contributed by atoms with Crippen LogP contribution in [0.25, 0.3) is 0 Å². The van der Waals surface area contributed by atoms with E-state index in [1.807, 2.05) is 0 Å². The number of rotatable bonds is 3. The minimum Gasteiger partial charge on any atom is -0.377 e. The van der Waals surface area contributed by atoms with Crippen LogP contribution in [0, 0.1) is 0 Å². The fraction of sp³-hybridized carbons (Fsp3) is 0.533. The molecule has 2 aliphatic rings. The summed E-state index contributed by atoms with van der Waals surface area (Å²) in [6, 6.07) is 2.37. The molecular formula is C15H19NO2. The third-order valence-electron chi connectivity index (χ3n) is 4.21. The van der Waals surface area contributed by atoms with Crippen LogP contribution in [0.15, 0.2) is 6.07 Å². The summed E-state index contributed by atoms with van der Waals surface area (Å²) in [5, 5.41) is 11.3. The van der Waals surface area contributed by atoms with Crippen molar-refractivity contribution in [1.29, 1.82) is 0 Å². The number of fused-ring (bicyclic) bond motifs is 2. The van der Waals surface area contributed by atoms with Gasteiger partial charge in [-0.1, -0.05) is 6.07 Å². The highest BCUT2D eigenvalue weighted by Crippen LogP contribution is 2.35. The van der Waals surface area contributed by atoms with Gasteiger partial charge in [0.15, 0.2) is 0 Å². The van der Waals surface area contributed by atoms with Crippen LogP contribution in [0.3, 0.4) is 0 Å². The minimum absolute atomic E-state index is 0.0631. The second-order valence-corrected chi connectivity index (χ2v) is 5.27.